The predicted molar refractivity (Wildman–Crippen MR) is 50.9 cm³/mol. The van der Waals surface area contributed by atoms with E-state index in [-0.39, 0.29) is 17.6 Å². The Labute approximate surface area is 81.7 Å². The van der Waals surface area contributed by atoms with Crippen LogP contribution >= 0.6 is 0 Å². The fourth-order valence-corrected chi connectivity index (χ4v) is 3.49. The fourth-order valence-electron chi connectivity index (χ4n) is 1.71. The first-order valence-corrected chi connectivity index (χ1v) is 5.95. The van der Waals surface area contributed by atoms with E-state index in [1.807, 2.05) is 0 Å². The number of nitrogens with two attached hydrogens (primary N) is 1. The third kappa shape index (κ3) is 1.42. The van der Waals surface area contributed by atoms with Crippen LogP contribution in [0.25, 0.3) is 0 Å². The van der Waals surface area contributed by atoms with Gasteiger partial charge in [0.05, 0.1) is 5.75 Å². The first-order chi connectivity index (χ1) is 6.50. The van der Waals surface area contributed by atoms with Gasteiger partial charge in [-0.05, 0) is 17.7 Å². The highest BCUT2D eigenvalue weighted by atomic mass is 32.2. The number of hydrogen-bond acceptors (Lipinski definition) is 3. The second-order valence-corrected chi connectivity index (χ2v) is 5.63. The average molecular weight is 215 g/mol. The quantitative estimate of drug-likeness (QED) is 0.747. The Morgan fingerprint density at radius 2 is 1.86 bits per heavy atom. The van der Waals surface area contributed by atoms with Gasteiger partial charge in [-0.25, -0.2) is 12.8 Å². The van der Waals surface area contributed by atoms with Crippen molar-refractivity contribution >= 4 is 9.84 Å². The molecule has 3 nitrogen and oxygen atoms in total. The Hall–Kier alpha value is -0.940. The first kappa shape index (κ1) is 9.61. The van der Waals surface area contributed by atoms with Crippen molar-refractivity contribution in [3.8, 4) is 0 Å². The van der Waals surface area contributed by atoms with Crippen molar-refractivity contribution in [2.75, 3.05) is 5.75 Å². The van der Waals surface area contributed by atoms with Gasteiger partial charge in [-0.3, -0.25) is 0 Å². The summed E-state index contributed by atoms with van der Waals surface area (Å²) in [6, 6.07) is 5.07. The third-order valence-corrected chi connectivity index (χ3v) is 4.64. The summed E-state index contributed by atoms with van der Waals surface area (Å²) in [6.45, 7) is 0. The molecule has 0 saturated carbocycles. The second kappa shape index (κ2) is 3.03. The smallest absolute Gasteiger partial charge is 0.160 e. The van der Waals surface area contributed by atoms with E-state index in [1.165, 1.54) is 24.3 Å². The van der Waals surface area contributed by atoms with Crippen LogP contribution in [0.1, 0.15) is 10.8 Å². The van der Waals surface area contributed by atoms with Gasteiger partial charge in [0.25, 0.3) is 0 Å². The molecule has 14 heavy (non-hydrogen) atoms. The van der Waals surface area contributed by atoms with E-state index >= 15 is 0 Å². The Balaban J connectivity index is 2.36. The Bertz CT molecular complexity index is 440. The lowest BCUT2D eigenvalue weighted by Crippen LogP contribution is -2.50. The number of sulfone groups is 1. The molecule has 0 aliphatic carbocycles. The number of halogens is 1. The maximum atomic E-state index is 12.6. The van der Waals surface area contributed by atoms with Gasteiger partial charge in [0.15, 0.2) is 9.84 Å². The SMILES string of the molecule is NC1CS(=O)(=O)C1c1ccc(F)cc1. The lowest BCUT2D eigenvalue weighted by atomic mass is 10.1. The summed E-state index contributed by atoms with van der Waals surface area (Å²) in [4.78, 5) is 0. The van der Waals surface area contributed by atoms with E-state index in [2.05, 4.69) is 0 Å². The summed E-state index contributed by atoms with van der Waals surface area (Å²) in [5.41, 5.74) is 6.17. The molecule has 5 heteroatoms. The summed E-state index contributed by atoms with van der Waals surface area (Å²) in [7, 11) is -3.08. The van der Waals surface area contributed by atoms with Crippen molar-refractivity contribution in [1.82, 2.24) is 0 Å². The van der Waals surface area contributed by atoms with Gasteiger partial charge in [-0.15, -0.1) is 0 Å². The zero-order valence-corrected chi connectivity index (χ0v) is 8.17. The van der Waals surface area contributed by atoms with Crippen molar-refractivity contribution in [3.05, 3.63) is 35.6 Å². The zero-order chi connectivity index (χ0) is 10.3. The first-order valence-electron chi connectivity index (χ1n) is 4.23. The van der Waals surface area contributed by atoms with Crippen LogP contribution in [-0.2, 0) is 9.84 Å². The topological polar surface area (TPSA) is 60.2 Å². The second-order valence-electron chi connectivity index (χ2n) is 3.47. The van der Waals surface area contributed by atoms with Gasteiger partial charge in [0.1, 0.15) is 11.1 Å². The Morgan fingerprint density at radius 3 is 2.29 bits per heavy atom. The lowest BCUT2D eigenvalue weighted by molar-refractivity contribution is 0.522. The van der Waals surface area contributed by atoms with Crippen molar-refractivity contribution in [2.45, 2.75) is 11.3 Å². The van der Waals surface area contributed by atoms with Crippen LogP contribution in [0.2, 0.25) is 0 Å². The molecule has 0 aromatic heterocycles. The lowest BCUT2D eigenvalue weighted by Gasteiger charge is -2.33. The molecule has 1 saturated heterocycles. The molecular weight excluding hydrogens is 205 g/mol. The van der Waals surface area contributed by atoms with Crippen molar-refractivity contribution in [3.63, 3.8) is 0 Å². The fraction of sp³-hybridized carbons (Fsp3) is 0.333. The molecule has 0 spiro atoms. The van der Waals surface area contributed by atoms with Crippen LogP contribution in [0.5, 0.6) is 0 Å². The number of hydrogen-bond donors (Lipinski definition) is 1. The molecule has 1 fully saturated rings. The van der Waals surface area contributed by atoms with Crippen LogP contribution in [0.4, 0.5) is 4.39 Å². The summed E-state index contributed by atoms with van der Waals surface area (Å²) in [5, 5.41) is -0.650. The van der Waals surface area contributed by atoms with E-state index < -0.39 is 15.1 Å². The molecule has 76 valence electrons. The van der Waals surface area contributed by atoms with Gasteiger partial charge in [0, 0.05) is 6.04 Å². The van der Waals surface area contributed by atoms with E-state index in [1.54, 1.807) is 0 Å². The highest BCUT2D eigenvalue weighted by molar-refractivity contribution is 7.93. The monoisotopic (exact) mass is 215 g/mol. The van der Waals surface area contributed by atoms with Crippen LogP contribution in [-0.4, -0.2) is 20.2 Å². The predicted octanol–water partition coefficient (Wildman–Crippen LogP) is 0.622. The molecule has 1 aromatic rings. The van der Waals surface area contributed by atoms with E-state index in [9.17, 15) is 12.8 Å². The van der Waals surface area contributed by atoms with Crippen LogP contribution in [0.3, 0.4) is 0 Å². The molecule has 1 aromatic carbocycles. The standard InChI is InChI=1S/C9H10FNO2S/c10-7-3-1-6(2-4-7)9-8(11)5-14(9,12)13/h1-4,8-9H,5,11H2. The van der Waals surface area contributed by atoms with Gasteiger partial charge in [-0.1, -0.05) is 12.1 Å². The van der Waals surface area contributed by atoms with E-state index in [0.717, 1.165) is 0 Å². The molecule has 0 radical (unpaired) electrons. The maximum absolute atomic E-state index is 12.6. The van der Waals surface area contributed by atoms with Crippen LogP contribution < -0.4 is 5.73 Å². The maximum Gasteiger partial charge on any atom is 0.160 e. The molecule has 0 bridgehead atoms. The molecule has 2 rings (SSSR count). The Morgan fingerprint density at radius 1 is 1.29 bits per heavy atom. The molecule has 2 unspecified atom stereocenters. The molecular formula is C9H10FNO2S. The summed E-state index contributed by atoms with van der Waals surface area (Å²) in [5.74, 6) is -0.353. The normalized spacial score (nSPS) is 29.6. The van der Waals surface area contributed by atoms with Gasteiger partial charge >= 0.3 is 0 Å². The van der Waals surface area contributed by atoms with Crippen molar-refractivity contribution in [1.29, 1.82) is 0 Å². The van der Waals surface area contributed by atoms with Crippen LogP contribution in [0.15, 0.2) is 24.3 Å². The number of rotatable bonds is 1. The van der Waals surface area contributed by atoms with Crippen molar-refractivity contribution < 1.29 is 12.8 Å². The largest absolute Gasteiger partial charge is 0.325 e. The minimum atomic E-state index is -3.08. The molecule has 1 aliphatic rings. The minimum Gasteiger partial charge on any atom is -0.325 e. The minimum absolute atomic E-state index is 0.0229. The van der Waals surface area contributed by atoms with E-state index in [4.69, 9.17) is 5.73 Å². The summed E-state index contributed by atoms with van der Waals surface area (Å²) >= 11 is 0. The zero-order valence-electron chi connectivity index (χ0n) is 7.35. The highest BCUT2D eigenvalue weighted by Crippen LogP contribution is 2.35. The summed E-state index contributed by atoms with van der Waals surface area (Å²) in [6.07, 6.45) is 0. The third-order valence-electron chi connectivity index (χ3n) is 2.40. The summed E-state index contributed by atoms with van der Waals surface area (Å²) < 4.78 is 35.3. The molecule has 1 heterocycles. The van der Waals surface area contributed by atoms with Crippen LogP contribution in [0, 0.1) is 5.82 Å². The highest BCUT2D eigenvalue weighted by Gasteiger charge is 2.44. The Kier molecular flexibility index (Phi) is 2.08. The molecule has 0 amide bonds. The molecule has 2 atom stereocenters. The number of benzene rings is 1. The molecule has 2 N–H and O–H groups in total. The molecule has 1 aliphatic heterocycles. The van der Waals surface area contributed by atoms with Crippen molar-refractivity contribution in [2.24, 2.45) is 5.73 Å². The van der Waals surface area contributed by atoms with Gasteiger partial charge in [-0.2, -0.15) is 0 Å². The van der Waals surface area contributed by atoms with Gasteiger partial charge < -0.3 is 5.73 Å². The average Bonchev–Trinajstić information content (AvgIpc) is 2.07. The van der Waals surface area contributed by atoms with E-state index in [0.29, 0.717) is 5.56 Å². The van der Waals surface area contributed by atoms with Gasteiger partial charge in [0.2, 0.25) is 0 Å².